The molecule has 4 rings (SSSR count). The molecule has 2 heterocycles. The highest BCUT2D eigenvalue weighted by molar-refractivity contribution is 7.20. The van der Waals surface area contributed by atoms with Crippen molar-refractivity contribution < 1.29 is 19.1 Å². The first-order valence-corrected chi connectivity index (χ1v) is 9.71. The highest BCUT2D eigenvalue weighted by atomic mass is 32.1. The second kappa shape index (κ2) is 7.44. The van der Waals surface area contributed by atoms with Crippen LogP contribution in [0.15, 0.2) is 54.6 Å². The van der Waals surface area contributed by atoms with Crippen molar-refractivity contribution >= 4 is 50.6 Å². The van der Waals surface area contributed by atoms with Crippen molar-refractivity contribution in [2.24, 2.45) is 0 Å². The number of nitrogens with zero attached hydrogens (tertiary/aromatic N) is 1. The Bertz CT molecular complexity index is 1040. The molecule has 1 unspecified atom stereocenters. The van der Waals surface area contributed by atoms with Gasteiger partial charge in [-0.1, -0.05) is 30.3 Å². The lowest BCUT2D eigenvalue weighted by Crippen LogP contribution is -2.41. The molecule has 0 aliphatic carbocycles. The molecule has 6 nitrogen and oxygen atoms in total. The van der Waals surface area contributed by atoms with Crippen LogP contribution in [0, 0.1) is 0 Å². The van der Waals surface area contributed by atoms with Crippen LogP contribution in [-0.4, -0.2) is 30.4 Å². The van der Waals surface area contributed by atoms with Gasteiger partial charge in [-0.25, -0.2) is 4.79 Å². The number of hydrogen-bond acceptors (Lipinski definition) is 5. The number of esters is 1. The van der Waals surface area contributed by atoms with Crippen LogP contribution in [0.5, 0.6) is 0 Å². The Morgan fingerprint density at radius 3 is 2.75 bits per heavy atom. The molecule has 0 saturated heterocycles. The summed E-state index contributed by atoms with van der Waals surface area (Å²) in [5, 5.41) is 3.77. The molecule has 0 bridgehead atoms. The summed E-state index contributed by atoms with van der Waals surface area (Å²) in [5.41, 5.74) is 1.17. The first-order valence-electron chi connectivity index (χ1n) is 8.89. The van der Waals surface area contributed by atoms with E-state index in [0.29, 0.717) is 16.3 Å². The fraction of sp³-hybridized carbons (Fsp3) is 0.190. The van der Waals surface area contributed by atoms with Gasteiger partial charge >= 0.3 is 5.97 Å². The van der Waals surface area contributed by atoms with E-state index in [2.05, 4.69) is 5.32 Å². The summed E-state index contributed by atoms with van der Waals surface area (Å²) in [6.45, 7) is 1.41. The third-order valence-electron chi connectivity index (χ3n) is 4.58. The number of rotatable bonds is 3. The summed E-state index contributed by atoms with van der Waals surface area (Å²) < 4.78 is 6.27. The number of hydrogen-bond donors (Lipinski definition) is 1. The van der Waals surface area contributed by atoms with E-state index in [1.165, 1.54) is 16.2 Å². The van der Waals surface area contributed by atoms with Crippen LogP contribution in [0.25, 0.3) is 10.1 Å². The van der Waals surface area contributed by atoms with Gasteiger partial charge in [0.05, 0.1) is 11.4 Å². The highest BCUT2D eigenvalue weighted by Crippen LogP contribution is 2.31. The minimum Gasteiger partial charge on any atom is -0.451 e. The van der Waals surface area contributed by atoms with Crippen LogP contribution in [0.4, 0.5) is 11.4 Å². The molecule has 0 saturated carbocycles. The summed E-state index contributed by atoms with van der Waals surface area (Å²) in [7, 11) is 0. The Balaban J connectivity index is 1.51. The van der Waals surface area contributed by atoms with E-state index in [4.69, 9.17) is 4.74 Å². The number of anilines is 2. The van der Waals surface area contributed by atoms with Gasteiger partial charge in [-0.05, 0) is 36.6 Å². The normalized spacial score (nSPS) is 16.2. The predicted octanol–water partition coefficient (Wildman–Crippen LogP) is 3.82. The zero-order chi connectivity index (χ0) is 19.7. The average Bonchev–Trinajstić information content (AvgIpc) is 3.06. The summed E-state index contributed by atoms with van der Waals surface area (Å²) in [6, 6.07) is 16.2. The van der Waals surface area contributed by atoms with E-state index < -0.39 is 5.97 Å². The maximum absolute atomic E-state index is 12.9. The number of amides is 2. The van der Waals surface area contributed by atoms with Gasteiger partial charge in [0.25, 0.3) is 5.91 Å². The largest absolute Gasteiger partial charge is 0.451 e. The smallest absolute Gasteiger partial charge is 0.348 e. The molecule has 0 fully saturated rings. The Morgan fingerprint density at radius 2 is 1.93 bits per heavy atom. The summed E-state index contributed by atoms with van der Waals surface area (Å²) in [6.07, 6.45) is 0.171. The maximum atomic E-state index is 12.9. The number of fused-ring (bicyclic) bond motifs is 2. The molecule has 7 heteroatoms. The van der Waals surface area contributed by atoms with Crippen LogP contribution in [0.1, 0.15) is 23.0 Å². The van der Waals surface area contributed by atoms with E-state index in [-0.39, 0.29) is 30.9 Å². The number of carbonyl (C=O) groups is 3. The third kappa shape index (κ3) is 3.48. The second-order valence-corrected chi connectivity index (χ2v) is 7.69. The second-order valence-electron chi connectivity index (χ2n) is 6.61. The molecule has 2 amide bonds. The van der Waals surface area contributed by atoms with Gasteiger partial charge in [-0.3, -0.25) is 9.59 Å². The predicted molar refractivity (Wildman–Crippen MR) is 109 cm³/mol. The molecule has 0 spiro atoms. The molecular weight excluding hydrogens is 376 g/mol. The van der Waals surface area contributed by atoms with Crippen molar-refractivity contribution in [3.8, 4) is 0 Å². The fourth-order valence-corrected chi connectivity index (χ4v) is 4.27. The van der Waals surface area contributed by atoms with E-state index in [1.54, 1.807) is 37.3 Å². The summed E-state index contributed by atoms with van der Waals surface area (Å²) in [5.74, 6) is -1.05. The Morgan fingerprint density at radius 1 is 1.18 bits per heavy atom. The van der Waals surface area contributed by atoms with Crippen LogP contribution in [-0.2, 0) is 14.3 Å². The summed E-state index contributed by atoms with van der Waals surface area (Å²) >= 11 is 1.33. The molecule has 1 aromatic heterocycles. The molecule has 1 atom stereocenters. The molecule has 1 N–H and O–H groups in total. The number of ether oxygens (including phenoxy) is 1. The monoisotopic (exact) mass is 394 g/mol. The lowest BCUT2D eigenvalue weighted by molar-refractivity contribution is -0.122. The van der Waals surface area contributed by atoms with Crippen LogP contribution < -0.4 is 10.2 Å². The Kier molecular flexibility index (Phi) is 4.83. The zero-order valence-electron chi connectivity index (χ0n) is 15.2. The molecule has 2 aromatic carbocycles. The molecule has 28 heavy (non-hydrogen) atoms. The molecule has 1 aliphatic heterocycles. The van der Waals surface area contributed by atoms with Crippen molar-refractivity contribution in [1.29, 1.82) is 0 Å². The molecule has 3 aromatic rings. The summed E-state index contributed by atoms with van der Waals surface area (Å²) in [4.78, 5) is 39.3. The number of carbonyl (C=O) groups excluding carboxylic acids is 3. The van der Waals surface area contributed by atoms with E-state index in [0.717, 1.165) is 10.1 Å². The number of para-hydroxylation sites is 2. The first kappa shape index (κ1) is 18.2. The molecule has 1 aliphatic rings. The van der Waals surface area contributed by atoms with Gasteiger partial charge in [-0.15, -0.1) is 11.3 Å². The van der Waals surface area contributed by atoms with E-state index in [1.807, 2.05) is 24.3 Å². The maximum Gasteiger partial charge on any atom is 0.348 e. The number of benzene rings is 2. The van der Waals surface area contributed by atoms with Crippen LogP contribution in [0.3, 0.4) is 0 Å². The number of nitrogens with one attached hydrogen (secondary N) is 1. The van der Waals surface area contributed by atoms with Crippen molar-refractivity contribution in [3.63, 3.8) is 0 Å². The standard InChI is InChI=1S/C21H18N2O4S/c1-13-10-19(24)22-15-7-3-4-8-16(15)23(13)20(25)12-27-21(26)18-11-14-6-2-5-9-17(14)28-18/h2-9,11,13H,10,12H2,1H3,(H,22,24). The van der Waals surface area contributed by atoms with Gasteiger partial charge in [0.15, 0.2) is 6.61 Å². The average molecular weight is 394 g/mol. The fourth-order valence-electron chi connectivity index (χ4n) is 3.32. The highest BCUT2D eigenvalue weighted by Gasteiger charge is 2.30. The van der Waals surface area contributed by atoms with Crippen LogP contribution in [0.2, 0.25) is 0 Å². The Labute approximate surface area is 165 Å². The molecule has 0 radical (unpaired) electrons. The zero-order valence-corrected chi connectivity index (χ0v) is 16.0. The Hall–Kier alpha value is -3.19. The van der Waals surface area contributed by atoms with Gasteiger partial charge in [0.1, 0.15) is 4.88 Å². The molecular formula is C21H18N2O4S. The third-order valence-corrected chi connectivity index (χ3v) is 5.68. The lowest BCUT2D eigenvalue weighted by atomic mass is 10.1. The van der Waals surface area contributed by atoms with E-state index >= 15 is 0 Å². The van der Waals surface area contributed by atoms with E-state index in [9.17, 15) is 14.4 Å². The molecule has 142 valence electrons. The minimum atomic E-state index is -0.528. The minimum absolute atomic E-state index is 0.155. The van der Waals surface area contributed by atoms with Crippen molar-refractivity contribution in [2.45, 2.75) is 19.4 Å². The van der Waals surface area contributed by atoms with Crippen LogP contribution >= 0.6 is 11.3 Å². The van der Waals surface area contributed by atoms with Gasteiger partial charge < -0.3 is 15.0 Å². The quantitative estimate of drug-likeness (QED) is 0.685. The van der Waals surface area contributed by atoms with Gasteiger partial charge in [-0.2, -0.15) is 0 Å². The number of thiophene rings is 1. The SMILES string of the molecule is CC1CC(=O)Nc2ccccc2N1C(=O)COC(=O)c1cc2ccccc2s1. The topological polar surface area (TPSA) is 75.7 Å². The van der Waals surface area contributed by atoms with Crippen molar-refractivity contribution in [3.05, 3.63) is 59.5 Å². The van der Waals surface area contributed by atoms with Crippen molar-refractivity contribution in [2.75, 3.05) is 16.8 Å². The van der Waals surface area contributed by atoms with Gasteiger partial charge in [0, 0.05) is 17.2 Å². The van der Waals surface area contributed by atoms with Gasteiger partial charge in [0.2, 0.25) is 5.91 Å². The van der Waals surface area contributed by atoms with Crippen molar-refractivity contribution in [1.82, 2.24) is 0 Å². The lowest BCUT2D eigenvalue weighted by Gasteiger charge is -2.27. The first-order chi connectivity index (χ1) is 13.5.